The fourth-order valence-corrected chi connectivity index (χ4v) is 4.86. The van der Waals surface area contributed by atoms with Gasteiger partial charge in [-0.15, -0.1) is 11.3 Å². The highest BCUT2D eigenvalue weighted by Gasteiger charge is 2.22. The Morgan fingerprint density at radius 2 is 2.29 bits per heavy atom. The Morgan fingerprint density at radius 1 is 1.39 bits per heavy atom. The summed E-state index contributed by atoms with van der Waals surface area (Å²) in [6.07, 6.45) is 4.36. The highest BCUT2D eigenvalue weighted by molar-refractivity contribution is 7.12. The van der Waals surface area contributed by atoms with E-state index in [9.17, 15) is 9.65 Å². The molecule has 1 aliphatic rings. The third-order valence-corrected chi connectivity index (χ3v) is 6.26. The summed E-state index contributed by atoms with van der Waals surface area (Å²) in [5.41, 5.74) is 9.56. The summed E-state index contributed by atoms with van der Waals surface area (Å²) in [6, 6.07) is 11.2. The molecule has 5 nitrogen and oxygen atoms in total. The van der Waals surface area contributed by atoms with Crippen molar-refractivity contribution in [1.82, 2.24) is 15.1 Å². The zero-order valence-corrected chi connectivity index (χ0v) is 16.3. The van der Waals surface area contributed by atoms with Gasteiger partial charge in [0, 0.05) is 41.0 Å². The number of hydrogen-bond donors (Lipinski definition) is 2. The number of aryl methyl sites for hydroxylation is 2. The fraction of sp³-hybridized carbons (Fsp3) is 0.333. The second kappa shape index (κ2) is 8.23. The standard InChI is InChI=1S/C21H22FN5S/c22-16-4-1-3-14(7-16)8-17(11-24)25-13-18-9-19-20(28-18)5-2-6-27-21(19)15(10-23)12-26-27/h1,3-4,7,9,12,17,25H,2,5-6,8,11,13,24H2/t17-/m0/s1. The summed E-state index contributed by atoms with van der Waals surface area (Å²) in [5.74, 6) is -0.222. The van der Waals surface area contributed by atoms with Crippen LogP contribution in [0.25, 0.3) is 11.3 Å². The number of hydrogen-bond acceptors (Lipinski definition) is 5. The van der Waals surface area contributed by atoms with Gasteiger partial charge in [0.1, 0.15) is 11.9 Å². The highest BCUT2D eigenvalue weighted by Crippen LogP contribution is 2.36. The fourth-order valence-electron chi connectivity index (χ4n) is 3.70. The highest BCUT2D eigenvalue weighted by atomic mass is 32.1. The van der Waals surface area contributed by atoms with Crippen molar-refractivity contribution in [3.63, 3.8) is 0 Å². The van der Waals surface area contributed by atoms with Crippen molar-refractivity contribution in [1.29, 1.82) is 5.26 Å². The molecule has 0 saturated heterocycles. The Kier molecular flexibility index (Phi) is 5.53. The number of nitriles is 1. The molecule has 1 aliphatic heterocycles. The molecule has 0 spiro atoms. The molecule has 3 heterocycles. The number of benzene rings is 1. The van der Waals surface area contributed by atoms with Gasteiger partial charge in [-0.3, -0.25) is 4.68 Å². The molecule has 144 valence electrons. The molecule has 1 aromatic carbocycles. The van der Waals surface area contributed by atoms with Crippen LogP contribution in [0.15, 0.2) is 36.5 Å². The van der Waals surface area contributed by atoms with E-state index in [-0.39, 0.29) is 11.9 Å². The van der Waals surface area contributed by atoms with E-state index in [4.69, 9.17) is 5.73 Å². The van der Waals surface area contributed by atoms with Crippen molar-refractivity contribution in [3.8, 4) is 17.3 Å². The summed E-state index contributed by atoms with van der Waals surface area (Å²) < 4.78 is 15.4. The van der Waals surface area contributed by atoms with Crippen molar-refractivity contribution in [2.45, 2.75) is 38.4 Å². The zero-order chi connectivity index (χ0) is 19.5. The van der Waals surface area contributed by atoms with Gasteiger partial charge in [0.25, 0.3) is 0 Å². The van der Waals surface area contributed by atoms with E-state index in [1.807, 2.05) is 10.7 Å². The van der Waals surface area contributed by atoms with Gasteiger partial charge in [-0.2, -0.15) is 10.4 Å². The summed E-state index contributed by atoms with van der Waals surface area (Å²) in [7, 11) is 0. The first-order chi connectivity index (χ1) is 13.7. The number of nitrogens with two attached hydrogens (primary N) is 1. The minimum absolute atomic E-state index is 0.0731. The van der Waals surface area contributed by atoms with Crippen LogP contribution in [0, 0.1) is 17.1 Å². The lowest BCUT2D eigenvalue weighted by atomic mass is 10.1. The molecule has 0 saturated carbocycles. The van der Waals surface area contributed by atoms with Gasteiger partial charge in [0.15, 0.2) is 0 Å². The van der Waals surface area contributed by atoms with Crippen LogP contribution in [0.5, 0.6) is 0 Å². The summed E-state index contributed by atoms with van der Waals surface area (Å²) in [6.45, 7) is 2.02. The van der Waals surface area contributed by atoms with E-state index < -0.39 is 0 Å². The molecule has 4 rings (SSSR count). The third-order valence-electron chi connectivity index (χ3n) is 5.07. The molecule has 3 N–H and O–H groups in total. The lowest BCUT2D eigenvalue weighted by Crippen LogP contribution is -2.37. The van der Waals surface area contributed by atoms with Crippen LogP contribution in [-0.2, 0) is 25.9 Å². The molecular formula is C21H22FN5S. The SMILES string of the molecule is N#Cc1cnn2c1-c1cc(CN[C@H](CN)Cc3cccc(F)c3)sc1CCC2. The van der Waals surface area contributed by atoms with Crippen molar-refractivity contribution in [2.24, 2.45) is 5.73 Å². The Hall–Kier alpha value is -2.53. The average molecular weight is 396 g/mol. The van der Waals surface area contributed by atoms with Gasteiger partial charge in [-0.05, 0) is 43.0 Å². The van der Waals surface area contributed by atoms with Crippen LogP contribution < -0.4 is 11.1 Å². The minimum Gasteiger partial charge on any atom is -0.329 e. The zero-order valence-electron chi connectivity index (χ0n) is 15.5. The molecule has 0 bridgehead atoms. The molecule has 0 fully saturated rings. The van der Waals surface area contributed by atoms with Crippen LogP contribution >= 0.6 is 11.3 Å². The number of aromatic nitrogens is 2. The van der Waals surface area contributed by atoms with Crippen molar-refractivity contribution >= 4 is 11.3 Å². The first-order valence-corrected chi connectivity index (χ1v) is 10.3. The Labute approximate surface area is 167 Å². The van der Waals surface area contributed by atoms with Gasteiger partial charge < -0.3 is 11.1 Å². The second-order valence-corrected chi connectivity index (χ2v) is 8.26. The van der Waals surface area contributed by atoms with Gasteiger partial charge in [0.2, 0.25) is 0 Å². The van der Waals surface area contributed by atoms with Crippen LogP contribution in [0.3, 0.4) is 0 Å². The maximum absolute atomic E-state index is 13.4. The molecule has 0 aliphatic carbocycles. The quantitative estimate of drug-likeness (QED) is 0.672. The van der Waals surface area contributed by atoms with Crippen molar-refractivity contribution in [2.75, 3.05) is 6.54 Å². The van der Waals surface area contributed by atoms with E-state index in [0.717, 1.165) is 36.2 Å². The molecular weight excluding hydrogens is 373 g/mol. The molecule has 0 unspecified atom stereocenters. The van der Waals surface area contributed by atoms with E-state index >= 15 is 0 Å². The van der Waals surface area contributed by atoms with Gasteiger partial charge >= 0.3 is 0 Å². The van der Waals surface area contributed by atoms with Crippen LogP contribution in [-0.4, -0.2) is 22.4 Å². The minimum atomic E-state index is -0.222. The number of nitrogens with one attached hydrogen (secondary N) is 1. The number of fused-ring (bicyclic) bond motifs is 3. The second-order valence-electron chi connectivity index (χ2n) is 7.04. The van der Waals surface area contributed by atoms with E-state index in [0.29, 0.717) is 25.1 Å². The lowest BCUT2D eigenvalue weighted by molar-refractivity contribution is 0.516. The molecule has 0 radical (unpaired) electrons. The number of thiophene rings is 1. The van der Waals surface area contributed by atoms with E-state index in [1.54, 1.807) is 29.7 Å². The van der Waals surface area contributed by atoms with Crippen LogP contribution in [0.2, 0.25) is 0 Å². The average Bonchev–Trinajstić information content (AvgIpc) is 3.24. The lowest BCUT2D eigenvalue weighted by Gasteiger charge is -2.16. The first-order valence-electron chi connectivity index (χ1n) is 9.43. The third kappa shape index (κ3) is 3.85. The van der Waals surface area contributed by atoms with Gasteiger partial charge in [0.05, 0.1) is 17.5 Å². The molecule has 0 amide bonds. The molecule has 3 aromatic rings. The van der Waals surface area contributed by atoms with E-state index in [1.165, 1.54) is 15.8 Å². The van der Waals surface area contributed by atoms with Crippen molar-refractivity contribution < 1.29 is 4.39 Å². The number of halogens is 1. The molecule has 28 heavy (non-hydrogen) atoms. The monoisotopic (exact) mass is 395 g/mol. The first kappa shape index (κ1) is 18.8. The largest absolute Gasteiger partial charge is 0.329 e. The van der Waals surface area contributed by atoms with Crippen LogP contribution in [0.1, 0.15) is 27.3 Å². The molecule has 2 aromatic heterocycles. The number of nitrogens with zero attached hydrogens (tertiary/aromatic N) is 3. The Balaban J connectivity index is 1.50. The van der Waals surface area contributed by atoms with E-state index in [2.05, 4.69) is 22.6 Å². The smallest absolute Gasteiger partial charge is 0.123 e. The van der Waals surface area contributed by atoms with Crippen LogP contribution in [0.4, 0.5) is 4.39 Å². The Morgan fingerprint density at radius 3 is 3.07 bits per heavy atom. The topological polar surface area (TPSA) is 79.7 Å². The Bertz CT molecular complexity index is 1020. The maximum atomic E-state index is 13.4. The van der Waals surface area contributed by atoms with Gasteiger partial charge in [-0.1, -0.05) is 12.1 Å². The van der Waals surface area contributed by atoms with Gasteiger partial charge in [-0.25, -0.2) is 4.39 Å². The predicted octanol–water partition coefficient (Wildman–Crippen LogP) is 3.23. The summed E-state index contributed by atoms with van der Waals surface area (Å²) in [4.78, 5) is 2.52. The molecule has 7 heteroatoms. The summed E-state index contributed by atoms with van der Waals surface area (Å²) >= 11 is 1.78. The maximum Gasteiger partial charge on any atom is 0.123 e. The summed E-state index contributed by atoms with van der Waals surface area (Å²) in [5, 5.41) is 17.3. The normalized spacial score (nSPS) is 14.0. The molecule has 1 atom stereocenters. The number of rotatable bonds is 6. The predicted molar refractivity (Wildman–Crippen MR) is 108 cm³/mol. The van der Waals surface area contributed by atoms with Crippen molar-refractivity contribution in [3.05, 3.63) is 63.2 Å².